The van der Waals surface area contributed by atoms with Crippen LogP contribution >= 0.6 is 11.8 Å². The zero-order chi connectivity index (χ0) is 15.5. The number of benzene rings is 1. The van der Waals surface area contributed by atoms with Crippen molar-refractivity contribution in [2.24, 2.45) is 0 Å². The summed E-state index contributed by atoms with van der Waals surface area (Å²) in [6.45, 7) is 10.8. The van der Waals surface area contributed by atoms with Gasteiger partial charge in [0.25, 0.3) is 0 Å². The molecule has 0 atom stereocenters. The van der Waals surface area contributed by atoms with Crippen molar-refractivity contribution < 1.29 is 0 Å². The molecule has 0 spiro atoms. The highest BCUT2D eigenvalue weighted by molar-refractivity contribution is 8.07. The van der Waals surface area contributed by atoms with E-state index in [9.17, 15) is 0 Å². The summed E-state index contributed by atoms with van der Waals surface area (Å²) in [5.41, 5.74) is 3.77. The second kappa shape index (κ2) is 10.4. The summed E-state index contributed by atoms with van der Waals surface area (Å²) in [5, 5.41) is 3.21. The van der Waals surface area contributed by atoms with Gasteiger partial charge in [0.2, 0.25) is 0 Å². The molecule has 0 saturated carbocycles. The largest absolute Gasteiger partial charge is 0.391 e. The maximum atomic E-state index is 3.76. The highest BCUT2D eigenvalue weighted by Gasteiger charge is 2.04. The van der Waals surface area contributed by atoms with E-state index in [1.165, 1.54) is 21.7 Å². The van der Waals surface area contributed by atoms with Crippen LogP contribution in [0.5, 0.6) is 0 Å². The number of thioether (sulfide) groups is 1. The quantitative estimate of drug-likeness (QED) is 0.827. The Labute approximate surface area is 129 Å². The zero-order valence-corrected chi connectivity index (χ0v) is 14.5. The van der Waals surface area contributed by atoms with E-state index in [1.54, 1.807) is 11.8 Å². The summed E-state index contributed by atoms with van der Waals surface area (Å²) >= 11 is 1.77. The van der Waals surface area contributed by atoms with Crippen molar-refractivity contribution in [3.8, 4) is 0 Å². The molecule has 0 heterocycles. The molecule has 0 saturated heterocycles. The first-order valence-corrected chi connectivity index (χ1v) is 8.19. The molecule has 0 radical (unpaired) electrons. The third kappa shape index (κ3) is 5.74. The van der Waals surface area contributed by atoms with Crippen LogP contribution in [0.2, 0.25) is 0 Å². The van der Waals surface area contributed by atoms with Crippen LogP contribution in [0, 0.1) is 0 Å². The third-order valence-electron chi connectivity index (χ3n) is 2.88. The summed E-state index contributed by atoms with van der Waals surface area (Å²) in [6.07, 6.45) is 3.95. The second-order valence-corrected chi connectivity index (χ2v) is 5.02. The topological polar surface area (TPSA) is 15.3 Å². The number of nitrogens with zero attached hydrogens (tertiary/aromatic N) is 1. The van der Waals surface area contributed by atoms with Gasteiger partial charge >= 0.3 is 0 Å². The molecule has 3 heteroatoms. The lowest BCUT2D eigenvalue weighted by Gasteiger charge is -2.14. The van der Waals surface area contributed by atoms with Crippen molar-refractivity contribution in [1.29, 1.82) is 0 Å². The lowest BCUT2D eigenvalue weighted by atomic mass is 10.1. The highest BCUT2D eigenvalue weighted by atomic mass is 32.2. The minimum Gasteiger partial charge on any atom is -0.391 e. The fraction of sp³-hybridized carbons (Fsp3) is 0.412. The van der Waals surface area contributed by atoms with E-state index in [-0.39, 0.29) is 0 Å². The molecule has 20 heavy (non-hydrogen) atoms. The van der Waals surface area contributed by atoms with Crippen molar-refractivity contribution >= 4 is 16.7 Å². The van der Waals surface area contributed by atoms with Crippen molar-refractivity contribution in [2.45, 2.75) is 27.3 Å². The van der Waals surface area contributed by atoms with Crippen LogP contribution in [-0.2, 0) is 6.54 Å². The van der Waals surface area contributed by atoms with E-state index in [4.69, 9.17) is 0 Å². The lowest BCUT2D eigenvalue weighted by molar-refractivity contribution is 0.452. The first kappa shape index (κ1) is 18.7. The Morgan fingerprint density at radius 1 is 1.30 bits per heavy atom. The van der Waals surface area contributed by atoms with Crippen molar-refractivity contribution in [3.63, 3.8) is 0 Å². The molecule has 1 aromatic rings. The van der Waals surface area contributed by atoms with Gasteiger partial charge in [0.15, 0.2) is 0 Å². The van der Waals surface area contributed by atoms with Crippen LogP contribution in [0.15, 0.2) is 42.7 Å². The van der Waals surface area contributed by atoms with Gasteiger partial charge in [-0.25, -0.2) is 0 Å². The lowest BCUT2D eigenvalue weighted by Crippen LogP contribution is -2.09. The second-order valence-electron chi connectivity index (χ2n) is 4.20. The number of hydrogen-bond donors (Lipinski definition) is 1. The molecule has 0 aromatic heterocycles. The molecule has 0 aliphatic rings. The average Bonchev–Trinajstić information content (AvgIpc) is 2.51. The van der Waals surface area contributed by atoms with Crippen LogP contribution in [0.1, 0.15) is 31.9 Å². The van der Waals surface area contributed by atoms with Crippen LogP contribution in [0.25, 0.3) is 4.91 Å². The average molecular weight is 292 g/mol. The summed E-state index contributed by atoms with van der Waals surface area (Å²) in [4.78, 5) is 3.36. The number of rotatable bonds is 6. The van der Waals surface area contributed by atoms with Gasteiger partial charge < -0.3 is 10.2 Å². The van der Waals surface area contributed by atoms with E-state index >= 15 is 0 Å². The Balaban J connectivity index is 0.00000172. The van der Waals surface area contributed by atoms with Crippen molar-refractivity contribution in [1.82, 2.24) is 10.2 Å². The van der Waals surface area contributed by atoms with Crippen molar-refractivity contribution in [2.75, 3.05) is 20.4 Å². The molecule has 0 aliphatic carbocycles. The number of allylic oxidation sites excluding steroid dienone is 1. The Bertz CT molecular complexity index is 421. The molecule has 1 aromatic carbocycles. The predicted octanol–water partition coefficient (Wildman–Crippen LogP) is 4.56. The Hall–Kier alpha value is -1.35. The molecule has 0 fully saturated rings. The highest BCUT2D eigenvalue weighted by Crippen LogP contribution is 2.27. The van der Waals surface area contributed by atoms with Crippen LogP contribution in [0.3, 0.4) is 0 Å². The maximum absolute atomic E-state index is 3.76. The monoisotopic (exact) mass is 292 g/mol. The van der Waals surface area contributed by atoms with E-state index in [2.05, 4.69) is 54.2 Å². The number of nitrogens with one attached hydrogen (secondary N) is 1. The summed E-state index contributed by atoms with van der Waals surface area (Å²) in [5.74, 6) is 0. The maximum Gasteiger partial charge on any atom is 0.0420 e. The van der Waals surface area contributed by atoms with E-state index < -0.39 is 0 Å². The Kier molecular flexibility index (Phi) is 9.73. The summed E-state index contributed by atoms with van der Waals surface area (Å²) < 4.78 is 0. The standard InChI is InChI=1S/C15H22N2S.C2H6/c1-6-17(4)11-13-7-9-14(10-8-13)15(18-5)12(2)16-3;1-2/h6-10,16H,1,11H2,2-5H3;1-2H3/b15-12-;. The SMILES string of the molecule is C=CN(C)Cc1ccc(/C(SC)=C(\C)NC)cc1.CC. The molecule has 0 bridgehead atoms. The molecule has 0 unspecified atom stereocenters. The van der Waals surface area contributed by atoms with Gasteiger partial charge in [-0.15, -0.1) is 11.8 Å². The first-order chi connectivity index (χ1) is 9.62. The molecule has 1 rings (SSSR count). The molecular formula is C17H28N2S. The Morgan fingerprint density at radius 3 is 2.25 bits per heavy atom. The van der Waals surface area contributed by atoms with E-state index in [1.807, 2.05) is 34.1 Å². The molecule has 0 amide bonds. The van der Waals surface area contributed by atoms with Crippen LogP contribution < -0.4 is 5.32 Å². The van der Waals surface area contributed by atoms with Gasteiger partial charge in [0.1, 0.15) is 0 Å². The fourth-order valence-corrected chi connectivity index (χ4v) is 2.50. The van der Waals surface area contributed by atoms with Gasteiger partial charge in [0, 0.05) is 31.2 Å². The van der Waals surface area contributed by atoms with Gasteiger partial charge in [-0.3, -0.25) is 0 Å². The van der Waals surface area contributed by atoms with E-state index in [0.29, 0.717) is 0 Å². The number of hydrogen-bond acceptors (Lipinski definition) is 3. The van der Waals surface area contributed by atoms with Crippen molar-refractivity contribution in [3.05, 3.63) is 53.9 Å². The minimum absolute atomic E-state index is 0.896. The normalized spacial score (nSPS) is 10.9. The molecule has 2 nitrogen and oxygen atoms in total. The van der Waals surface area contributed by atoms with Gasteiger partial charge in [-0.2, -0.15) is 0 Å². The first-order valence-electron chi connectivity index (χ1n) is 6.97. The van der Waals surface area contributed by atoms with E-state index in [0.717, 1.165) is 6.54 Å². The van der Waals surface area contributed by atoms with Gasteiger partial charge in [0.05, 0.1) is 0 Å². The van der Waals surface area contributed by atoms with Crippen LogP contribution in [0.4, 0.5) is 0 Å². The van der Waals surface area contributed by atoms with Gasteiger partial charge in [-0.05, 0) is 30.5 Å². The molecule has 0 aliphatic heterocycles. The van der Waals surface area contributed by atoms with Gasteiger partial charge in [-0.1, -0.05) is 44.7 Å². The third-order valence-corrected chi connectivity index (χ3v) is 3.83. The summed E-state index contributed by atoms with van der Waals surface area (Å²) in [7, 11) is 3.98. The smallest absolute Gasteiger partial charge is 0.0420 e. The minimum atomic E-state index is 0.896. The Morgan fingerprint density at radius 2 is 1.85 bits per heavy atom. The molecule has 112 valence electrons. The summed E-state index contributed by atoms with van der Waals surface area (Å²) in [6, 6.07) is 8.71. The molecular weight excluding hydrogens is 264 g/mol. The molecule has 1 N–H and O–H groups in total. The zero-order valence-electron chi connectivity index (χ0n) is 13.7. The fourth-order valence-electron chi connectivity index (χ4n) is 1.72. The van der Waals surface area contributed by atoms with Crippen LogP contribution in [-0.4, -0.2) is 25.3 Å². The predicted molar refractivity (Wildman–Crippen MR) is 94.6 cm³/mol.